The number of nitrogens with zero attached hydrogens (tertiary/aromatic N) is 2. The minimum Gasteiger partial charge on any atom is -0.368 e. The average molecular weight is 280 g/mol. The molecule has 0 radical (unpaired) electrons. The summed E-state index contributed by atoms with van der Waals surface area (Å²) < 4.78 is 5.92. The Hall–Kier alpha value is -1.08. The number of hydrogen-bond acceptors (Lipinski definition) is 3. The molecule has 0 aliphatic heterocycles. The van der Waals surface area contributed by atoms with Gasteiger partial charge in [-0.25, -0.2) is 0 Å². The molecule has 0 heterocycles. The molecule has 1 amide bonds. The third kappa shape index (κ3) is 5.13. The minimum absolute atomic E-state index is 0.0269. The van der Waals surface area contributed by atoms with Gasteiger partial charge in [-0.1, -0.05) is 27.2 Å². The highest BCUT2D eigenvalue weighted by atomic mass is 16.5. The summed E-state index contributed by atoms with van der Waals surface area (Å²) >= 11 is 0. The molecule has 20 heavy (non-hydrogen) atoms. The van der Waals surface area contributed by atoms with E-state index in [0.717, 1.165) is 6.42 Å². The lowest BCUT2D eigenvalue weighted by Crippen LogP contribution is -2.38. The number of amides is 1. The van der Waals surface area contributed by atoms with E-state index in [1.54, 1.807) is 11.9 Å². The van der Waals surface area contributed by atoms with E-state index in [-0.39, 0.29) is 18.6 Å². The minimum atomic E-state index is -0.0269. The Labute approximate surface area is 123 Å². The summed E-state index contributed by atoms with van der Waals surface area (Å²) in [7, 11) is 1.73. The van der Waals surface area contributed by atoms with Gasteiger partial charge in [-0.3, -0.25) is 4.79 Å². The fourth-order valence-corrected chi connectivity index (χ4v) is 2.94. The van der Waals surface area contributed by atoms with Crippen molar-refractivity contribution in [1.29, 1.82) is 5.26 Å². The molecule has 1 aliphatic carbocycles. The topological polar surface area (TPSA) is 53.3 Å². The molecule has 4 nitrogen and oxygen atoms in total. The summed E-state index contributed by atoms with van der Waals surface area (Å²) in [6.07, 6.45) is 4.09. The molecule has 0 aromatic carbocycles. The quantitative estimate of drug-likeness (QED) is 0.751. The molecule has 1 fully saturated rings. The van der Waals surface area contributed by atoms with Crippen LogP contribution in [0.1, 0.15) is 46.5 Å². The Morgan fingerprint density at radius 3 is 2.75 bits per heavy atom. The van der Waals surface area contributed by atoms with Crippen LogP contribution in [0, 0.1) is 29.1 Å². The maximum atomic E-state index is 11.9. The second-order valence-electron chi connectivity index (χ2n) is 6.40. The van der Waals surface area contributed by atoms with Gasteiger partial charge >= 0.3 is 0 Å². The number of rotatable bonds is 6. The molecule has 4 heteroatoms. The molecule has 0 saturated heterocycles. The smallest absolute Gasteiger partial charge is 0.248 e. The number of likely N-dealkylation sites (N-methyl/N-ethyl adjacent to an activating group) is 1. The molecule has 0 bridgehead atoms. The molecule has 1 aliphatic rings. The van der Waals surface area contributed by atoms with Crippen molar-refractivity contribution in [3.05, 3.63) is 0 Å². The lowest BCUT2D eigenvalue weighted by molar-refractivity contribution is -0.140. The number of carbonyl (C=O) groups excluding carboxylic acids is 1. The van der Waals surface area contributed by atoms with Crippen molar-refractivity contribution in [1.82, 2.24) is 4.90 Å². The van der Waals surface area contributed by atoms with Gasteiger partial charge in [-0.2, -0.15) is 5.26 Å². The Kier molecular flexibility index (Phi) is 7.01. The van der Waals surface area contributed by atoms with Gasteiger partial charge in [0.25, 0.3) is 0 Å². The summed E-state index contributed by atoms with van der Waals surface area (Å²) in [6, 6.07) is 2.05. The van der Waals surface area contributed by atoms with Crippen molar-refractivity contribution >= 4 is 5.91 Å². The van der Waals surface area contributed by atoms with E-state index < -0.39 is 0 Å². The van der Waals surface area contributed by atoms with Crippen LogP contribution in [0.3, 0.4) is 0 Å². The van der Waals surface area contributed by atoms with E-state index in [1.165, 1.54) is 12.8 Å². The molecule has 3 atom stereocenters. The van der Waals surface area contributed by atoms with Gasteiger partial charge in [0.05, 0.1) is 18.6 Å². The van der Waals surface area contributed by atoms with Gasteiger partial charge < -0.3 is 9.64 Å². The second-order valence-corrected chi connectivity index (χ2v) is 6.40. The van der Waals surface area contributed by atoms with E-state index in [4.69, 9.17) is 10.00 Å². The summed E-state index contributed by atoms with van der Waals surface area (Å²) in [5.41, 5.74) is 0. The zero-order valence-corrected chi connectivity index (χ0v) is 13.3. The number of ether oxygens (including phenoxy) is 1. The summed E-state index contributed by atoms with van der Waals surface area (Å²) in [5.74, 6) is 1.81. The van der Waals surface area contributed by atoms with Crippen molar-refractivity contribution in [2.45, 2.75) is 52.6 Å². The zero-order valence-electron chi connectivity index (χ0n) is 13.3. The first kappa shape index (κ1) is 17.0. The van der Waals surface area contributed by atoms with Crippen LogP contribution >= 0.6 is 0 Å². The Bertz CT molecular complexity index is 349. The lowest BCUT2D eigenvalue weighted by Gasteiger charge is -2.37. The average Bonchev–Trinajstić information content (AvgIpc) is 2.41. The first-order chi connectivity index (χ1) is 9.45. The van der Waals surface area contributed by atoms with Gasteiger partial charge in [0.15, 0.2) is 0 Å². The van der Waals surface area contributed by atoms with Crippen LogP contribution in [-0.2, 0) is 9.53 Å². The largest absolute Gasteiger partial charge is 0.368 e. The highest BCUT2D eigenvalue weighted by Crippen LogP contribution is 2.35. The second kappa shape index (κ2) is 8.26. The van der Waals surface area contributed by atoms with Crippen molar-refractivity contribution in [3.63, 3.8) is 0 Å². The fourth-order valence-electron chi connectivity index (χ4n) is 2.94. The van der Waals surface area contributed by atoms with Crippen LogP contribution in [0.15, 0.2) is 0 Å². The van der Waals surface area contributed by atoms with Gasteiger partial charge in [0, 0.05) is 13.6 Å². The van der Waals surface area contributed by atoms with Gasteiger partial charge in [-0.05, 0) is 30.6 Å². The van der Waals surface area contributed by atoms with E-state index in [1.807, 2.05) is 0 Å². The molecule has 0 aromatic heterocycles. The highest BCUT2D eigenvalue weighted by molar-refractivity contribution is 5.77. The number of hydrogen-bond donors (Lipinski definition) is 0. The summed E-state index contributed by atoms with van der Waals surface area (Å²) in [4.78, 5) is 13.5. The molecule has 1 rings (SSSR count). The maximum absolute atomic E-state index is 11.9. The van der Waals surface area contributed by atoms with Crippen molar-refractivity contribution in [3.8, 4) is 6.07 Å². The van der Waals surface area contributed by atoms with E-state index >= 15 is 0 Å². The predicted octanol–water partition coefficient (Wildman–Crippen LogP) is 2.84. The highest BCUT2D eigenvalue weighted by Gasteiger charge is 2.31. The first-order valence-electron chi connectivity index (χ1n) is 7.68. The van der Waals surface area contributed by atoms with E-state index in [0.29, 0.717) is 30.7 Å². The number of carbonyl (C=O) groups is 1. The van der Waals surface area contributed by atoms with Crippen molar-refractivity contribution in [2.24, 2.45) is 17.8 Å². The monoisotopic (exact) mass is 280 g/mol. The van der Waals surface area contributed by atoms with Crippen molar-refractivity contribution < 1.29 is 9.53 Å². The third-order valence-corrected chi connectivity index (χ3v) is 4.37. The predicted molar refractivity (Wildman–Crippen MR) is 79.0 cm³/mol. The molecule has 0 spiro atoms. The van der Waals surface area contributed by atoms with Gasteiger partial charge in [0.1, 0.15) is 6.61 Å². The third-order valence-electron chi connectivity index (χ3n) is 4.37. The molecule has 0 N–H and O–H groups in total. The molecule has 1 saturated carbocycles. The lowest BCUT2D eigenvalue weighted by atomic mass is 9.75. The normalized spacial score (nSPS) is 26.3. The van der Waals surface area contributed by atoms with Crippen LogP contribution in [0.25, 0.3) is 0 Å². The molecular formula is C16H28N2O2. The summed E-state index contributed by atoms with van der Waals surface area (Å²) in [5, 5.41) is 8.54. The molecular weight excluding hydrogens is 252 g/mol. The Balaban J connectivity index is 2.45. The standard InChI is InChI=1S/C16H28N2O2/c1-12(2)14-7-6-13(3)10-15(14)20-11-16(19)18(4)9-5-8-17/h12-15H,5-7,9-11H2,1-4H3. The van der Waals surface area contributed by atoms with E-state index in [9.17, 15) is 4.79 Å². The first-order valence-corrected chi connectivity index (χ1v) is 7.68. The van der Waals surface area contributed by atoms with Crippen LogP contribution < -0.4 is 0 Å². The summed E-state index contributed by atoms with van der Waals surface area (Å²) in [6.45, 7) is 7.35. The van der Waals surface area contributed by atoms with E-state index in [2.05, 4.69) is 26.8 Å². The SMILES string of the molecule is CC1CCC(C(C)C)C(OCC(=O)N(C)CCC#N)C1. The Morgan fingerprint density at radius 1 is 1.45 bits per heavy atom. The van der Waals surface area contributed by atoms with Crippen LogP contribution in [0.2, 0.25) is 0 Å². The van der Waals surface area contributed by atoms with Gasteiger partial charge in [0.2, 0.25) is 5.91 Å². The van der Waals surface area contributed by atoms with Crippen molar-refractivity contribution in [2.75, 3.05) is 20.2 Å². The molecule has 114 valence electrons. The Morgan fingerprint density at radius 2 is 2.15 bits per heavy atom. The molecule has 0 aromatic rings. The van der Waals surface area contributed by atoms with Crippen LogP contribution in [0.4, 0.5) is 0 Å². The maximum Gasteiger partial charge on any atom is 0.248 e. The molecule has 3 unspecified atom stereocenters. The zero-order chi connectivity index (χ0) is 15.1. The number of nitriles is 1. The van der Waals surface area contributed by atoms with Gasteiger partial charge in [-0.15, -0.1) is 0 Å². The van der Waals surface area contributed by atoms with Crippen LogP contribution in [-0.4, -0.2) is 37.1 Å². The fraction of sp³-hybridized carbons (Fsp3) is 0.875. The van der Waals surface area contributed by atoms with Crippen LogP contribution in [0.5, 0.6) is 0 Å².